The first kappa shape index (κ1) is 15.7. The molecule has 0 bridgehead atoms. The van der Waals surface area contributed by atoms with E-state index in [9.17, 15) is 8.78 Å². The van der Waals surface area contributed by atoms with Crippen molar-refractivity contribution in [3.8, 4) is 5.88 Å². The van der Waals surface area contributed by atoms with Crippen LogP contribution in [0.15, 0.2) is 6.07 Å². The number of aromatic nitrogens is 1. The Balaban J connectivity index is 2.56. The maximum atomic E-state index is 13.5. The van der Waals surface area contributed by atoms with Crippen LogP contribution in [0.1, 0.15) is 46.0 Å². The fourth-order valence-corrected chi connectivity index (χ4v) is 1.62. The number of anilines is 1. The van der Waals surface area contributed by atoms with E-state index in [2.05, 4.69) is 17.2 Å². The summed E-state index contributed by atoms with van der Waals surface area (Å²) in [6.07, 6.45) is 5.00. The number of nitrogens with zero attached hydrogens (tertiary/aromatic N) is 1. The molecule has 0 aliphatic carbocycles. The Morgan fingerprint density at radius 3 is 2.58 bits per heavy atom. The molecule has 0 radical (unpaired) electrons. The van der Waals surface area contributed by atoms with Crippen LogP contribution in [-0.4, -0.2) is 18.1 Å². The van der Waals surface area contributed by atoms with E-state index < -0.39 is 11.6 Å². The standard InChI is InChI=1S/C14H22F2N2O/c1-3-5-6-7-9-19-14-12(16)10-11(15)13(18-14)17-8-4-2/h10H,3-9H2,1-2H3,(H,17,18). The molecule has 0 aliphatic rings. The average Bonchev–Trinajstić information content (AvgIpc) is 2.39. The molecule has 0 unspecified atom stereocenters. The van der Waals surface area contributed by atoms with Gasteiger partial charge in [0.25, 0.3) is 5.88 Å². The zero-order valence-electron chi connectivity index (χ0n) is 11.6. The number of hydrogen-bond donors (Lipinski definition) is 1. The zero-order chi connectivity index (χ0) is 14.1. The Morgan fingerprint density at radius 2 is 1.89 bits per heavy atom. The molecule has 0 aliphatic heterocycles. The number of rotatable bonds is 9. The highest BCUT2D eigenvalue weighted by Gasteiger charge is 2.12. The van der Waals surface area contributed by atoms with Gasteiger partial charge in [-0.2, -0.15) is 4.98 Å². The topological polar surface area (TPSA) is 34.1 Å². The van der Waals surface area contributed by atoms with E-state index in [0.29, 0.717) is 13.2 Å². The van der Waals surface area contributed by atoms with Crippen LogP contribution in [0, 0.1) is 11.6 Å². The molecular weight excluding hydrogens is 250 g/mol. The molecule has 0 fully saturated rings. The summed E-state index contributed by atoms with van der Waals surface area (Å²) in [5, 5.41) is 2.81. The van der Waals surface area contributed by atoms with Crippen LogP contribution < -0.4 is 10.1 Å². The molecule has 1 heterocycles. The SMILES string of the molecule is CCCCCCOc1nc(NCCC)c(F)cc1F. The number of pyridine rings is 1. The van der Waals surface area contributed by atoms with Gasteiger partial charge in [0.05, 0.1) is 6.61 Å². The lowest BCUT2D eigenvalue weighted by atomic mass is 10.2. The predicted octanol–water partition coefficient (Wildman–Crippen LogP) is 4.14. The second-order valence-corrected chi connectivity index (χ2v) is 4.44. The molecule has 1 aromatic heterocycles. The van der Waals surface area contributed by atoms with Gasteiger partial charge >= 0.3 is 0 Å². The van der Waals surface area contributed by atoms with Crippen LogP contribution in [0.2, 0.25) is 0 Å². The van der Waals surface area contributed by atoms with Gasteiger partial charge in [0.2, 0.25) is 0 Å². The van der Waals surface area contributed by atoms with Crippen molar-refractivity contribution in [2.75, 3.05) is 18.5 Å². The van der Waals surface area contributed by atoms with Crippen LogP contribution in [-0.2, 0) is 0 Å². The first-order valence-electron chi connectivity index (χ1n) is 6.91. The molecule has 5 heteroatoms. The van der Waals surface area contributed by atoms with Crippen LogP contribution in [0.3, 0.4) is 0 Å². The number of nitrogens with one attached hydrogen (secondary N) is 1. The highest BCUT2D eigenvalue weighted by molar-refractivity contribution is 5.39. The van der Waals surface area contributed by atoms with Crippen LogP contribution in [0.25, 0.3) is 0 Å². The molecule has 0 saturated heterocycles. The Morgan fingerprint density at radius 1 is 1.11 bits per heavy atom. The maximum Gasteiger partial charge on any atom is 0.252 e. The smallest absolute Gasteiger partial charge is 0.252 e. The molecule has 1 rings (SSSR count). The van der Waals surface area contributed by atoms with E-state index in [4.69, 9.17) is 4.74 Å². The first-order valence-corrected chi connectivity index (χ1v) is 6.91. The van der Waals surface area contributed by atoms with Gasteiger partial charge in [-0.25, -0.2) is 8.78 Å². The van der Waals surface area contributed by atoms with Crippen molar-refractivity contribution in [1.29, 1.82) is 0 Å². The fraction of sp³-hybridized carbons (Fsp3) is 0.643. The third-order valence-electron chi connectivity index (χ3n) is 2.68. The highest BCUT2D eigenvalue weighted by atomic mass is 19.1. The second-order valence-electron chi connectivity index (χ2n) is 4.44. The van der Waals surface area contributed by atoms with E-state index in [1.165, 1.54) is 0 Å². The Labute approximate surface area is 113 Å². The predicted molar refractivity (Wildman–Crippen MR) is 72.6 cm³/mol. The number of hydrogen-bond acceptors (Lipinski definition) is 3. The molecule has 0 spiro atoms. The molecule has 0 atom stereocenters. The molecule has 1 N–H and O–H groups in total. The fourth-order valence-electron chi connectivity index (χ4n) is 1.62. The average molecular weight is 272 g/mol. The molecule has 0 amide bonds. The number of halogens is 2. The Kier molecular flexibility index (Phi) is 7.15. The van der Waals surface area contributed by atoms with Gasteiger partial charge in [-0.3, -0.25) is 0 Å². The summed E-state index contributed by atoms with van der Waals surface area (Å²) in [6.45, 7) is 5.07. The first-order chi connectivity index (χ1) is 9.19. The van der Waals surface area contributed by atoms with Crippen molar-refractivity contribution in [3.05, 3.63) is 17.7 Å². The molecule has 0 saturated carbocycles. The molecular formula is C14H22F2N2O. The summed E-state index contributed by atoms with van der Waals surface area (Å²) < 4.78 is 32.2. The van der Waals surface area contributed by atoms with E-state index in [1.807, 2.05) is 6.92 Å². The second kappa shape index (κ2) is 8.67. The van der Waals surface area contributed by atoms with Crippen LogP contribution in [0.4, 0.5) is 14.6 Å². The largest absolute Gasteiger partial charge is 0.476 e. The van der Waals surface area contributed by atoms with Crippen molar-refractivity contribution in [3.63, 3.8) is 0 Å². The monoisotopic (exact) mass is 272 g/mol. The van der Waals surface area contributed by atoms with Gasteiger partial charge in [-0.05, 0) is 12.8 Å². The molecule has 0 aromatic carbocycles. The quantitative estimate of drug-likeness (QED) is 0.686. The van der Waals surface area contributed by atoms with Crippen molar-refractivity contribution < 1.29 is 13.5 Å². The van der Waals surface area contributed by atoms with Crippen LogP contribution in [0.5, 0.6) is 5.88 Å². The summed E-state index contributed by atoms with van der Waals surface area (Å²) in [5.74, 6) is -1.53. The Bertz CT molecular complexity index is 386. The zero-order valence-corrected chi connectivity index (χ0v) is 11.6. The lowest BCUT2D eigenvalue weighted by Gasteiger charge is -2.10. The normalized spacial score (nSPS) is 10.5. The summed E-state index contributed by atoms with van der Waals surface area (Å²) >= 11 is 0. The van der Waals surface area contributed by atoms with Gasteiger partial charge in [0.1, 0.15) is 0 Å². The third kappa shape index (κ3) is 5.41. The summed E-state index contributed by atoms with van der Waals surface area (Å²) in [7, 11) is 0. The van der Waals surface area contributed by atoms with Gasteiger partial charge in [0, 0.05) is 12.6 Å². The summed E-state index contributed by atoms with van der Waals surface area (Å²) in [4.78, 5) is 3.84. The lowest BCUT2D eigenvalue weighted by Crippen LogP contribution is -2.08. The minimum Gasteiger partial charge on any atom is -0.476 e. The van der Waals surface area contributed by atoms with Gasteiger partial charge in [0.15, 0.2) is 17.5 Å². The molecule has 3 nitrogen and oxygen atoms in total. The van der Waals surface area contributed by atoms with Gasteiger partial charge < -0.3 is 10.1 Å². The lowest BCUT2D eigenvalue weighted by molar-refractivity contribution is 0.277. The van der Waals surface area contributed by atoms with Crippen molar-refractivity contribution in [1.82, 2.24) is 4.98 Å². The summed E-state index contributed by atoms with van der Waals surface area (Å²) in [6, 6.07) is 0.812. The van der Waals surface area contributed by atoms with E-state index >= 15 is 0 Å². The van der Waals surface area contributed by atoms with Crippen molar-refractivity contribution >= 4 is 5.82 Å². The van der Waals surface area contributed by atoms with E-state index in [0.717, 1.165) is 38.2 Å². The highest BCUT2D eigenvalue weighted by Crippen LogP contribution is 2.21. The van der Waals surface area contributed by atoms with E-state index in [1.54, 1.807) is 0 Å². The molecule has 1 aromatic rings. The number of ether oxygens (including phenoxy) is 1. The Hall–Kier alpha value is -1.39. The van der Waals surface area contributed by atoms with Gasteiger partial charge in [-0.1, -0.05) is 33.1 Å². The number of unbranched alkanes of at least 4 members (excludes halogenated alkanes) is 3. The summed E-state index contributed by atoms with van der Waals surface area (Å²) in [5.41, 5.74) is 0. The molecule has 19 heavy (non-hydrogen) atoms. The van der Waals surface area contributed by atoms with Gasteiger partial charge in [-0.15, -0.1) is 0 Å². The third-order valence-corrected chi connectivity index (χ3v) is 2.68. The van der Waals surface area contributed by atoms with Crippen molar-refractivity contribution in [2.45, 2.75) is 46.0 Å². The van der Waals surface area contributed by atoms with Crippen molar-refractivity contribution in [2.24, 2.45) is 0 Å². The van der Waals surface area contributed by atoms with E-state index in [-0.39, 0.29) is 11.7 Å². The molecule has 108 valence electrons. The minimum absolute atomic E-state index is 0.0480. The minimum atomic E-state index is -0.755. The maximum absolute atomic E-state index is 13.5. The van der Waals surface area contributed by atoms with Crippen LogP contribution >= 0.6 is 0 Å².